The van der Waals surface area contributed by atoms with E-state index in [1.165, 1.54) is 27.9 Å². The number of aromatic nitrogens is 2. The number of ether oxygens (including phenoxy) is 1. The first kappa shape index (κ1) is 27.2. The molecule has 0 unspecified atom stereocenters. The van der Waals surface area contributed by atoms with E-state index in [2.05, 4.69) is 16.7 Å². The number of sulfonamides is 1. The number of nitrogens with zero attached hydrogens (tertiary/aromatic N) is 3. The van der Waals surface area contributed by atoms with Gasteiger partial charge >= 0.3 is 6.16 Å². The molecule has 4 rings (SSSR count). The lowest BCUT2D eigenvalue weighted by Gasteiger charge is -2.32. The minimum atomic E-state index is -3.75. The van der Waals surface area contributed by atoms with Crippen molar-refractivity contribution in [1.29, 1.82) is 0 Å². The number of carbonyl (C=O) groups excluding carboxylic acids is 1. The summed E-state index contributed by atoms with van der Waals surface area (Å²) < 4.78 is 34.2. The van der Waals surface area contributed by atoms with Gasteiger partial charge in [-0.2, -0.15) is 0 Å². The SMILES string of the molecule is CC(C)N(c1nn(-c2ccc(NS(=O)(=O)c3ccccc3)cc2)cc1OC(=O)O)C(=O)[C@H]1CC[C@H](C)CC1. The van der Waals surface area contributed by atoms with Crippen molar-refractivity contribution in [1.82, 2.24) is 9.78 Å². The van der Waals surface area contributed by atoms with Crippen LogP contribution in [-0.2, 0) is 14.8 Å². The van der Waals surface area contributed by atoms with Crippen LogP contribution >= 0.6 is 0 Å². The summed E-state index contributed by atoms with van der Waals surface area (Å²) in [6.07, 6.45) is 3.38. The van der Waals surface area contributed by atoms with Crippen LogP contribution < -0.4 is 14.4 Å². The van der Waals surface area contributed by atoms with Crippen molar-refractivity contribution in [2.24, 2.45) is 11.8 Å². The minimum absolute atomic E-state index is 0.0578. The summed E-state index contributed by atoms with van der Waals surface area (Å²) in [5.41, 5.74) is 0.870. The molecule has 38 heavy (non-hydrogen) atoms. The van der Waals surface area contributed by atoms with Gasteiger partial charge in [0, 0.05) is 17.6 Å². The van der Waals surface area contributed by atoms with Crippen LogP contribution in [0.15, 0.2) is 65.7 Å². The van der Waals surface area contributed by atoms with Gasteiger partial charge in [0.2, 0.25) is 11.7 Å². The van der Waals surface area contributed by atoms with E-state index in [0.29, 0.717) is 17.3 Å². The third-order valence-electron chi connectivity index (χ3n) is 6.64. The van der Waals surface area contributed by atoms with Gasteiger partial charge in [0.1, 0.15) is 0 Å². The maximum absolute atomic E-state index is 13.5. The predicted molar refractivity (Wildman–Crippen MR) is 143 cm³/mol. The summed E-state index contributed by atoms with van der Waals surface area (Å²) in [5, 5.41) is 13.9. The highest BCUT2D eigenvalue weighted by atomic mass is 32.2. The number of nitrogens with one attached hydrogen (secondary N) is 1. The Hall–Kier alpha value is -3.86. The fourth-order valence-electron chi connectivity index (χ4n) is 4.62. The molecule has 1 aliphatic carbocycles. The van der Waals surface area contributed by atoms with Gasteiger partial charge in [0.05, 0.1) is 16.8 Å². The molecule has 0 bridgehead atoms. The molecule has 202 valence electrons. The highest BCUT2D eigenvalue weighted by molar-refractivity contribution is 7.92. The van der Waals surface area contributed by atoms with Crippen molar-refractivity contribution >= 4 is 33.6 Å². The van der Waals surface area contributed by atoms with Crippen molar-refractivity contribution in [2.45, 2.75) is 57.4 Å². The fourth-order valence-corrected chi connectivity index (χ4v) is 5.70. The lowest BCUT2D eigenvalue weighted by Crippen LogP contribution is -2.42. The maximum atomic E-state index is 13.5. The second kappa shape index (κ2) is 11.3. The van der Waals surface area contributed by atoms with Crippen molar-refractivity contribution in [3.05, 3.63) is 60.8 Å². The molecule has 0 atom stereocenters. The fraction of sp³-hybridized carbons (Fsp3) is 0.370. The summed E-state index contributed by atoms with van der Waals surface area (Å²) in [6.45, 7) is 5.88. The zero-order valence-corrected chi connectivity index (χ0v) is 22.4. The van der Waals surface area contributed by atoms with E-state index in [1.807, 2.05) is 13.8 Å². The van der Waals surface area contributed by atoms with Crippen molar-refractivity contribution < 1.29 is 27.9 Å². The van der Waals surface area contributed by atoms with E-state index < -0.39 is 16.2 Å². The van der Waals surface area contributed by atoms with E-state index in [0.717, 1.165) is 25.7 Å². The van der Waals surface area contributed by atoms with Gasteiger partial charge in [-0.1, -0.05) is 25.1 Å². The molecule has 1 fully saturated rings. The van der Waals surface area contributed by atoms with E-state index in [1.54, 1.807) is 42.5 Å². The van der Waals surface area contributed by atoms with Crippen LogP contribution in [0.25, 0.3) is 5.69 Å². The lowest BCUT2D eigenvalue weighted by atomic mass is 9.82. The molecule has 1 amide bonds. The Bertz CT molecular complexity index is 1380. The van der Waals surface area contributed by atoms with Crippen LogP contribution in [0, 0.1) is 11.8 Å². The van der Waals surface area contributed by atoms with E-state index >= 15 is 0 Å². The molecule has 1 heterocycles. The molecular formula is C27H32N4O6S. The van der Waals surface area contributed by atoms with Crippen molar-refractivity contribution in [2.75, 3.05) is 9.62 Å². The Labute approximate surface area is 222 Å². The molecule has 2 aromatic carbocycles. The minimum Gasteiger partial charge on any atom is -0.449 e. The quantitative estimate of drug-likeness (QED) is 0.371. The standard InChI is InChI=1S/C27H32N4O6S/c1-18(2)31(26(32)20-11-9-19(3)10-12-20)25-24(37-27(33)34)17-30(28-25)22-15-13-21(14-16-22)29-38(35,36)23-7-5-4-6-8-23/h4-8,13-20,29H,9-12H2,1-3H3,(H,33,34)/t19-,20-. The molecule has 0 spiro atoms. The molecule has 0 saturated heterocycles. The van der Waals surface area contributed by atoms with E-state index in [4.69, 9.17) is 4.74 Å². The Morgan fingerprint density at radius 2 is 1.68 bits per heavy atom. The third-order valence-corrected chi connectivity index (χ3v) is 8.04. The van der Waals surface area contributed by atoms with Crippen LogP contribution in [-0.4, -0.2) is 41.4 Å². The average Bonchev–Trinajstić information content (AvgIpc) is 3.27. The van der Waals surface area contributed by atoms with Gasteiger partial charge < -0.3 is 9.84 Å². The van der Waals surface area contributed by atoms with E-state index in [-0.39, 0.29) is 34.3 Å². The number of amides is 1. The van der Waals surface area contributed by atoms with Crippen LogP contribution in [0.3, 0.4) is 0 Å². The molecule has 2 N–H and O–H groups in total. The number of hydrogen-bond acceptors (Lipinski definition) is 6. The van der Waals surface area contributed by atoms with Gasteiger partial charge in [-0.05, 0) is 81.8 Å². The van der Waals surface area contributed by atoms with Gasteiger partial charge in [0.15, 0.2) is 5.75 Å². The average molecular weight is 541 g/mol. The first-order chi connectivity index (χ1) is 18.0. The molecule has 1 saturated carbocycles. The Morgan fingerprint density at radius 3 is 2.26 bits per heavy atom. The second-order valence-corrected chi connectivity index (χ2v) is 11.5. The van der Waals surface area contributed by atoms with Crippen LogP contribution in [0.4, 0.5) is 16.3 Å². The third kappa shape index (κ3) is 6.16. The molecular weight excluding hydrogens is 508 g/mol. The monoisotopic (exact) mass is 540 g/mol. The smallest absolute Gasteiger partial charge is 0.449 e. The second-order valence-electron chi connectivity index (χ2n) is 9.85. The van der Waals surface area contributed by atoms with E-state index in [9.17, 15) is 23.1 Å². The molecule has 11 heteroatoms. The van der Waals surface area contributed by atoms with Crippen molar-refractivity contribution in [3.63, 3.8) is 0 Å². The van der Waals surface area contributed by atoms with Gasteiger partial charge in [-0.25, -0.2) is 17.9 Å². The zero-order valence-electron chi connectivity index (χ0n) is 21.6. The van der Waals surface area contributed by atoms with Crippen LogP contribution in [0.2, 0.25) is 0 Å². The molecule has 0 radical (unpaired) electrons. The summed E-state index contributed by atoms with van der Waals surface area (Å²) in [5.74, 6) is 0.390. The van der Waals surface area contributed by atoms with Crippen LogP contribution in [0.1, 0.15) is 46.5 Å². The summed E-state index contributed by atoms with van der Waals surface area (Å²) in [7, 11) is -3.75. The summed E-state index contributed by atoms with van der Waals surface area (Å²) in [4.78, 5) is 26.6. The van der Waals surface area contributed by atoms with Gasteiger partial charge in [0.25, 0.3) is 10.0 Å². The number of carbonyl (C=O) groups is 2. The summed E-state index contributed by atoms with van der Waals surface area (Å²) in [6, 6.07) is 14.2. The Kier molecular flexibility index (Phi) is 8.05. The van der Waals surface area contributed by atoms with Crippen LogP contribution in [0.5, 0.6) is 5.75 Å². The molecule has 3 aromatic rings. The normalized spacial score (nSPS) is 17.7. The number of hydrogen-bond donors (Lipinski definition) is 2. The predicted octanol–water partition coefficient (Wildman–Crippen LogP) is 5.30. The van der Waals surface area contributed by atoms with Gasteiger partial charge in [-0.3, -0.25) is 14.4 Å². The number of anilines is 2. The Morgan fingerprint density at radius 1 is 1.05 bits per heavy atom. The molecule has 0 aliphatic heterocycles. The first-order valence-corrected chi connectivity index (χ1v) is 14.1. The largest absolute Gasteiger partial charge is 0.511 e. The first-order valence-electron chi connectivity index (χ1n) is 12.6. The zero-order chi connectivity index (χ0) is 27.4. The topological polar surface area (TPSA) is 131 Å². The highest BCUT2D eigenvalue weighted by Gasteiger charge is 2.34. The number of carboxylic acid groups (broad SMARTS) is 1. The lowest BCUT2D eigenvalue weighted by molar-refractivity contribution is -0.124. The molecule has 1 aliphatic rings. The summed E-state index contributed by atoms with van der Waals surface area (Å²) >= 11 is 0. The molecule has 10 nitrogen and oxygen atoms in total. The Balaban J connectivity index is 1.62. The van der Waals surface area contributed by atoms with Crippen molar-refractivity contribution in [3.8, 4) is 11.4 Å². The number of benzene rings is 2. The number of rotatable bonds is 8. The highest BCUT2D eigenvalue weighted by Crippen LogP contribution is 2.35. The van der Waals surface area contributed by atoms with Gasteiger partial charge in [-0.15, -0.1) is 5.10 Å². The maximum Gasteiger partial charge on any atom is 0.511 e. The molecule has 1 aromatic heterocycles.